The molecule has 4 aromatic rings. The number of nitrogens with zero attached hydrogens (tertiary/aromatic N) is 1. The number of aryl methyl sites for hydroxylation is 1. The van der Waals surface area contributed by atoms with E-state index >= 15 is 0 Å². The Morgan fingerprint density at radius 1 is 0.875 bits per heavy atom. The normalized spacial score (nSPS) is 16.0. The zero-order chi connectivity index (χ0) is 27.7. The van der Waals surface area contributed by atoms with Crippen molar-refractivity contribution in [3.63, 3.8) is 0 Å². The monoisotopic (exact) mass is 553 g/mol. The highest BCUT2D eigenvalue weighted by molar-refractivity contribution is 6.30. The number of halogens is 1. The van der Waals surface area contributed by atoms with Crippen molar-refractivity contribution >= 4 is 34.2 Å². The van der Waals surface area contributed by atoms with Crippen LogP contribution in [0, 0.1) is 0 Å². The summed E-state index contributed by atoms with van der Waals surface area (Å²) in [6, 6.07) is 32.1. The van der Waals surface area contributed by atoms with Gasteiger partial charge in [-0.1, -0.05) is 96.5 Å². The van der Waals surface area contributed by atoms with Gasteiger partial charge in [-0.15, -0.1) is 0 Å². The largest absolute Gasteiger partial charge is 0.344 e. The second kappa shape index (κ2) is 13.6. The molecular formula is C34H36ClN3O2. The molecule has 5 nitrogen and oxygen atoms in total. The summed E-state index contributed by atoms with van der Waals surface area (Å²) in [5.41, 5.74) is 3.42. The van der Waals surface area contributed by atoms with Crippen LogP contribution in [-0.4, -0.2) is 48.4 Å². The maximum absolute atomic E-state index is 13.8. The lowest BCUT2D eigenvalue weighted by Crippen LogP contribution is -2.58. The van der Waals surface area contributed by atoms with Crippen LogP contribution in [0.4, 0.5) is 0 Å². The molecule has 40 heavy (non-hydrogen) atoms. The molecule has 1 aliphatic heterocycles. The summed E-state index contributed by atoms with van der Waals surface area (Å²) in [7, 11) is 0. The summed E-state index contributed by atoms with van der Waals surface area (Å²) in [4.78, 5) is 28.7. The molecule has 1 saturated heterocycles. The number of carbonyl (C=O) groups excluding carboxylic acids is 2. The van der Waals surface area contributed by atoms with Gasteiger partial charge in [0.25, 0.3) is 0 Å². The van der Waals surface area contributed by atoms with Crippen LogP contribution >= 0.6 is 11.6 Å². The minimum absolute atomic E-state index is 0.0311. The third-order valence-electron chi connectivity index (χ3n) is 7.56. The van der Waals surface area contributed by atoms with Gasteiger partial charge in [-0.2, -0.15) is 0 Å². The van der Waals surface area contributed by atoms with Crippen molar-refractivity contribution in [1.29, 1.82) is 0 Å². The summed E-state index contributed by atoms with van der Waals surface area (Å²) >= 11 is 6.09. The molecule has 4 aromatic carbocycles. The molecule has 5 rings (SSSR count). The second-order valence-corrected chi connectivity index (χ2v) is 11.0. The third-order valence-corrected chi connectivity index (χ3v) is 7.81. The first-order chi connectivity index (χ1) is 19.5. The standard InChI is InChI=1S/C34H36ClN3O2/c35-30-17-14-26(15-18-30)23-32(37-33(39)12-6-9-25-7-2-1-3-8-25)34(40)38-20-19-36-31(24-38)22-27-13-16-28-10-4-5-11-29(28)21-27/h1-5,7-8,10-11,13-18,21,31-32,36H,6,9,12,19-20,22-24H2,(H,37,39). The van der Waals surface area contributed by atoms with Gasteiger partial charge in [-0.25, -0.2) is 0 Å². The van der Waals surface area contributed by atoms with Gasteiger partial charge in [-0.05, 0) is 58.9 Å². The van der Waals surface area contributed by atoms with Crippen molar-refractivity contribution in [1.82, 2.24) is 15.5 Å². The smallest absolute Gasteiger partial charge is 0.245 e. The number of benzene rings is 4. The van der Waals surface area contributed by atoms with E-state index in [-0.39, 0.29) is 17.9 Å². The van der Waals surface area contributed by atoms with Crippen molar-refractivity contribution in [2.24, 2.45) is 0 Å². The van der Waals surface area contributed by atoms with Crippen LogP contribution in [0.2, 0.25) is 5.02 Å². The maximum atomic E-state index is 13.8. The van der Waals surface area contributed by atoms with E-state index in [4.69, 9.17) is 11.6 Å². The Bertz CT molecular complexity index is 1420. The number of hydrogen-bond acceptors (Lipinski definition) is 3. The van der Waals surface area contributed by atoms with Crippen molar-refractivity contribution in [2.45, 2.75) is 44.2 Å². The van der Waals surface area contributed by atoms with E-state index in [1.807, 2.05) is 47.4 Å². The van der Waals surface area contributed by atoms with E-state index in [9.17, 15) is 9.59 Å². The summed E-state index contributed by atoms with van der Waals surface area (Å²) < 4.78 is 0. The van der Waals surface area contributed by atoms with E-state index in [0.717, 1.165) is 31.4 Å². The van der Waals surface area contributed by atoms with Gasteiger partial charge in [0.05, 0.1) is 0 Å². The van der Waals surface area contributed by atoms with Crippen molar-refractivity contribution in [3.8, 4) is 0 Å². The number of piperazine rings is 1. The first-order valence-corrected chi connectivity index (χ1v) is 14.5. The molecule has 0 radical (unpaired) electrons. The van der Waals surface area contributed by atoms with Gasteiger partial charge in [-0.3, -0.25) is 9.59 Å². The average molecular weight is 554 g/mol. The summed E-state index contributed by atoms with van der Waals surface area (Å²) in [6.45, 7) is 1.95. The van der Waals surface area contributed by atoms with Crippen LogP contribution in [0.1, 0.15) is 29.5 Å². The van der Waals surface area contributed by atoms with Crippen molar-refractivity contribution in [2.75, 3.05) is 19.6 Å². The molecule has 0 spiro atoms. The lowest BCUT2D eigenvalue weighted by atomic mass is 9.99. The van der Waals surface area contributed by atoms with Crippen LogP contribution in [0.25, 0.3) is 10.8 Å². The molecule has 1 fully saturated rings. The van der Waals surface area contributed by atoms with Gasteiger partial charge in [0.1, 0.15) is 6.04 Å². The Labute approximate surface area is 241 Å². The van der Waals surface area contributed by atoms with Crippen LogP contribution in [0.3, 0.4) is 0 Å². The van der Waals surface area contributed by atoms with E-state index < -0.39 is 6.04 Å². The first kappa shape index (κ1) is 27.9. The quantitative estimate of drug-likeness (QED) is 0.269. The summed E-state index contributed by atoms with van der Waals surface area (Å²) in [5.74, 6) is -0.123. The van der Waals surface area contributed by atoms with Gasteiger partial charge >= 0.3 is 0 Å². The van der Waals surface area contributed by atoms with E-state index in [0.29, 0.717) is 31.0 Å². The highest BCUT2D eigenvalue weighted by Crippen LogP contribution is 2.18. The first-order valence-electron chi connectivity index (χ1n) is 14.1. The third kappa shape index (κ3) is 7.71. The van der Waals surface area contributed by atoms with Gasteiger partial charge in [0.15, 0.2) is 0 Å². The Morgan fingerprint density at radius 2 is 1.60 bits per heavy atom. The lowest BCUT2D eigenvalue weighted by Gasteiger charge is -2.36. The number of amides is 2. The Morgan fingerprint density at radius 3 is 2.40 bits per heavy atom. The molecule has 2 amide bonds. The van der Waals surface area contributed by atoms with Crippen LogP contribution in [-0.2, 0) is 28.9 Å². The second-order valence-electron chi connectivity index (χ2n) is 10.6. The molecule has 206 valence electrons. The fourth-order valence-corrected chi connectivity index (χ4v) is 5.58. The van der Waals surface area contributed by atoms with Crippen molar-refractivity contribution in [3.05, 3.63) is 119 Å². The van der Waals surface area contributed by atoms with E-state index in [1.54, 1.807) is 0 Å². The Hall–Kier alpha value is -3.67. The Balaban J connectivity index is 1.23. The van der Waals surface area contributed by atoms with E-state index in [2.05, 4.69) is 65.2 Å². The maximum Gasteiger partial charge on any atom is 0.245 e. The zero-order valence-electron chi connectivity index (χ0n) is 22.7. The minimum atomic E-state index is -0.621. The van der Waals surface area contributed by atoms with Gasteiger partial charge in [0, 0.05) is 43.5 Å². The fourth-order valence-electron chi connectivity index (χ4n) is 5.45. The Kier molecular flexibility index (Phi) is 9.48. The molecule has 0 aromatic heterocycles. The number of fused-ring (bicyclic) bond motifs is 1. The van der Waals surface area contributed by atoms with Crippen LogP contribution < -0.4 is 10.6 Å². The van der Waals surface area contributed by atoms with Crippen molar-refractivity contribution < 1.29 is 9.59 Å². The average Bonchev–Trinajstić information content (AvgIpc) is 2.98. The molecule has 1 heterocycles. The molecule has 0 saturated carbocycles. The minimum Gasteiger partial charge on any atom is -0.344 e. The molecule has 1 aliphatic rings. The SMILES string of the molecule is O=C(CCCc1ccccc1)NC(Cc1ccc(Cl)cc1)C(=O)N1CCNC(Cc2ccc3ccccc3c2)C1. The summed E-state index contributed by atoms with van der Waals surface area (Å²) in [5, 5.41) is 9.75. The molecule has 2 unspecified atom stereocenters. The van der Waals surface area contributed by atoms with Gasteiger partial charge < -0.3 is 15.5 Å². The topological polar surface area (TPSA) is 61.4 Å². The molecule has 2 atom stereocenters. The predicted octanol–water partition coefficient (Wildman–Crippen LogP) is 5.59. The van der Waals surface area contributed by atoms with Crippen LogP contribution in [0.15, 0.2) is 97.1 Å². The van der Waals surface area contributed by atoms with E-state index in [1.165, 1.54) is 21.9 Å². The molecule has 6 heteroatoms. The van der Waals surface area contributed by atoms with Gasteiger partial charge in [0.2, 0.25) is 11.8 Å². The number of hydrogen-bond donors (Lipinski definition) is 2. The predicted molar refractivity (Wildman–Crippen MR) is 162 cm³/mol. The molecule has 0 aliphatic carbocycles. The van der Waals surface area contributed by atoms with Crippen LogP contribution in [0.5, 0.6) is 0 Å². The summed E-state index contributed by atoms with van der Waals surface area (Å²) in [6.07, 6.45) is 3.21. The highest BCUT2D eigenvalue weighted by Gasteiger charge is 2.30. The molecular weight excluding hydrogens is 518 g/mol. The zero-order valence-corrected chi connectivity index (χ0v) is 23.4. The highest BCUT2D eigenvalue weighted by atomic mass is 35.5. The molecule has 0 bridgehead atoms. The molecule has 2 N–H and O–H groups in total. The fraction of sp³-hybridized carbons (Fsp3) is 0.294. The number of carbonyl (C=O) groups is 2. The lowest BCUT2D eigenvalue weighted by molar-refractivity contribution is -0.137. The number of rotatable bonds is 10. The number of nitrogens with one attached hydrogen (secondary N) is 2.